The highest BCUT2D eigenvalue weighted by molar-refractivity contribution is 8.18. The highest BCUT2D eigenvalue weighted by atomic mass is 35.5. The second-order valence-corrected chi connectivity index (χ2v) is 10.9. The molecule has 4 aromatic rings. The van der Waals surface area contributed by atoms with E-state index in [1.165, 1.54) is 4.90 Å². The number of para-hydroxylation sites is 1. The number of nitrogens with one attached hydrogen (secondary N) is 1. The quantitative estimate of drug-likeness (QED) is 0.262. The minimum Gasteiger partial charge on any atom is -0.350 e. The summed E-state index contributed by atoms with van der Waals surface area (Å²) in [4.78, 5) is 40.9. The Balaban J connectivity index is 1.36. The number of amides is 3. The number of imide groups is 1. The number of halogens is 2. The lowest BCUT2D eigenvalue weighted by molar-refractivity contribution is -0.123. The van der Waals surface area contributed by atoms with E-state index in [-0.39, 0.29) is 30.1 Å². The van der Waals surface area contributed by atoms with E-state index in [1.807, 2.05) is 52.5 Å². The lowest BCUT2D eigenvalue weighted by atomic mass is 10.1. The van der Waals surface area contributed by atoms with Crippen LogP contribution in [0.2, 0.25) is 10.0 Å². The summed E-state index contributed by atoms with van der Waals surface area (Å²) in [5.74, 6) is -0.487. The fraction of sp³-hybridized carbons (Fsp3) is 0.115. The summed E-state index contributed by atoms with van der Waals surface area (Å²) < 4.78 is 1.85. The van der Waals surface area contributed by atoms with Gasteiger partial charge in [-0.2, -0.15) is 0 Å². The van der Waals surface area contributed by atoms with Crippen molar-refractivity contribution in [1.82, 2.24) is 14.8 Å². The Labute approximate surface area is 225 Å². The average molecular weight is 556 g/mol. The van der Waals surface area contributed by atoms with Crippen molar-refractivity contribution in [3.05, 3.63) is 97.1 Å². The van der Waals surface area contributed by atoms with Crippen molar-refractivity contribution in [2.75, 3.05) is 0 Å². The van der Waals surface area contributed by atoms with E-state index in [0.717, 1.165) is 33.1 Å². The summed E-state index contributed by atoms with van der Waals surface area (Å²) in [6.45, 7) is 0.720. The highest BCUT2D eigenvalue weighted by Crippen LogP contribution is 2.35. The summed E-state index contributed by atoms with van der Waals surface area (Å²) in [5, 5.41) is 6.22. The lowest BCUT2D eigenvalue weighted by Crippen LogP contribution is -2.27. The number of hydrogen-bond acceptors (Lipinski definition) is 5. The maximum absolute atomic E-state index is 13.1. The van der Waals surface area contributed by atoms with Gasteiger partial charge in [0.25, 0.3) is 11.1 Å². The number of benzene rings is 2. The Bertz CT molecular complexity index is 1510. The molecule has 182 valence electrons. The molecule has 0 unspecified atom stereocenters. The van der Waals surface area contributed by atoms with Gasteiger partial charge in [0, 0.05) is 27.5 Å². The molecule has 0 aliphatic carbocycles. The van der Waals surface area contributed by atoms with E-state index in [1.54, 1.807) is 35.6 Å². The molecule has 5 rings (SSSR count). The number of nitrogens with zero attached hydrogens (tertiary/aromatic N) is 2. The van der Waals surface area contributed by atoms with Crippen LogP contribution >= 0.6 is 46.3 Å². The van der Waals surface area contributed by atoms with Gasteiger partial charge in [0.1, 0.15) is 6.54 Å². The highest BCUT2D eigenvalue weighted by Gasteiger charge is 2.35. The van der Waals surface area contributed by atoms with Gasteiger partial charge in [-0.25, -0.2) is 0 Å². The first kappa shape index (κ1) is 24.6. The maximum atomic E-state index is 13.1. The summed E-state index contributed by atoms with van der Waals surface area (Å²) >= 11 is 14.5. The van der Waals surface area contributed by atoms with Gasteiger partial charge in [-0.1, -0.05) is 53.5 Å². The molecule has 3 heterocycles. The summed E-state index contributed by atoms with van der Waals surface area (Å²) in [5.41, 5.74) is 2.33. The van der Waals surface area contributed by atoms with Gasteiger partial charge in [0.2, 0.25) is 5.91 Å². The minimum absolute atomic E-state index is 0.102. The molecule has 0 bridgehead atoms. The average Bonchev–Trinajstić information content (AvgIpc) is 3.57. The molecule has 1 N–H and O–H groups in total. The van der Waals surface area contributed by atoms with Gasteiger partial charge < -0.3 is 9.88 Å². The molecule has 1 aliphatic heterocycles. The van der Waals surface area contributed by atoms with Crippen molar-refractivity contribution < 1.29 is 14.4 Å². The van der Waals surface area contributed by atoms with Gasteiger partial charge in [-0.05, 0) is 53.0 Å². The van der Waals surface area contributed by atoms with Crippen LogP contribution in [0, 0.1) is 0 Å². The first-order valence-corrected chi connectivity index (χ1v) is 13.4. The Kier molecular flexibility index (Phi) is 7.20. The predicted octanol–water partition coefficient (Wildman–Crippen LogP) is 6.56. The van der Waals surface area contributed by atoms with Crippen molar-refractivity contribution in [3.63, 3.8) is 0 Å². The third-order valence-electron chi connectivity index (χ3n) is 5.66. The van der Waals surface area contributed by atoms with Crippen molar-refractivity contribution in [2.45, 2.75) is 19.6 Å². The van der Waals surface area contributed by atoms with Crippen LogP contribution in [0.5, 0.6) is 0 Å². The lowest BCUT2D eigenvalue weighted by Gasteiger charge is -2.12. The van der Waals surface area contributed by atoms with Crippen LogP contribution in [0.1, 0.15) is 16.0 Å². The van der Waals surface area contributed by atoms with Crippen LogP contribution in [0.3, 0.4) is 0 Å². The molecule has 10 heteroatoms. The van der Waals surface area contributed by atoms with Gasteiger partial charge in [-0.15, -0.1) is 11.3 Å². The molecule has 0 radical (unpaired) electrons. The van der Waals surface area contributed by atoms with E-state index in [4.69, 9.17) is 23.2 Å². The normalized spacial score (nSPS) is 14.8. The molecule has 36 heavy (non-hydrogen) atoms. The van der Waals surface area contributed by atoms with Crippen molar-refractivity contribution in [1.29, 1.82) is 0 Å². The van der Waals surface area contributed by atoms with Crippen molar-refractivity contribution >= 4 is 80.3 Å². The zero-order valence-electron chi connectivity index (χ0n) is 18.7. The van der Waals surface area contributed by atoms with E-state index in [9.17, 15) is 14.4 Å². The molecule has 0 saturated carbocycles. The number of hydrogen-bond donors (Lipinski definition) is 1. The molecule has 1 aliphatic rings. The van der Waals surface area contributed by atoms with E-state index >= 15 is 0 Å². The third kappa shape index (κ3) is 5.22. The van der Waals surface area contributed by atoms with Gasteiger partial charge >= 0.3 is 0 Å². The second kappa shape index (κ2) is 10.5. The number of carbonyl (C=O) groups is 3. The van der Waals surface area contributed by atoms with Crippen LogP contribution < -0.4 is 5.32 Å². The first-order valence-electron chi connectivity index (χ1n) is 11.0. The molecule has 6 nitrogen and oxygen atoms in total. The van der Waals surface area contributed by atoms with Gasteiger partial charge in [-0.3, -0.25) is 19.3 Å². The molecule has 1 saturated heterocycles. The number of fused-ring (bicyclic) bond motifs is 1. The Hall–Kier alpha value is -3.04. The number of rotatable bonds is 7. The smallest absolute Gasteiger partial charge is 0.293 e. The SMILES string of the molecule is O=C(Cn1cc(/C=C2\SC(=O)N(Cc3ccc(Cl)c(Cl)c3)C2=O)c2ccccc21)NCc1cccs1. The number of aromatic nitrogens is 1. The number of carbonyl (C=O) groups excluding carboxylic acids is 3. The summed E-state index contributed by atoms with van der Waals surface area (Å²) in [7, 11) is 0. The fourth-order valence-electron chi connectivity index (χ4n) is 3.93. The molecule has 0 atom stereocenters. The molecule has 0 spiro atoms. The maximum Gasteiger partial charge on any atom is 0.293 e. The first-order chi connectivity index (χ1) is 17.4. The predicted molar refractivity (Wildman–Crippen MR) is 146 cm³/mol. The summed E-state index contributed by atoms with van der Waals surface area (Å²) in [6, 6.07) is 16.6. The van der Waals surface area contributed by atoms with Crippen LogP contribution in [0.25, 0.3) is 17.0 Å². The Morgan fingerprint density at radius 1 is 1.03 bits per heavy atom. The number of thiophene rings is 1. The largest absolute Gasteiger partial charge is 0.350 e. The van der Waals surface area contributed by atoms with Gasteiger partial charge in [0.05, 0.1) is 28.0 Å². The van der Waals surface area contributed by atoms with Crippen LogP contribution in [-0.4, -0.2) is 26.5 Å². The zero-order valence-corrected chi connectivity index (χ0v) is 21.9. The third-order valence-corrected chi connectivity index (χ3v) is 8.18. The second-order valence-electron chi connectivity index (χ2n) is 8.10. The van der Waals surface area contributed by atoms with Crippen molar-refractivity contribution in [3.8, 4) is 0 Å². The van der Waals surface area contributed by atoms with E-state index < -0.39 is 0 Å². The van der Waals surface area contributed by atoms with Crippen molar-refractivity contribution in [2.24, 2.45) is 0 Å². The molecular formula is C26H19Cl2N3O3S2. The van der Waals surface area contributed by atoms with Crippen LogP contribution in [-0.2, 0) is 29.2 Å². The Morgan fingerprint density at radius 2 is 1.86 bits per heavy atom. The molecule has 2 aromatic carbocycles. The van der Waals surface area contributed by atoms with Gasteiger partial charge in [0.15, 0.2) is 0 Å². The minimum atomic E-state index is -0.374. The monoisotopic (exact) mass is 555 g/mol. The van der Waals surface area contributed by atoms with Crippen LogP contribution in [0.4, 0.5) is 4.79 Å². The molecular weight excluding hydrogens is 537 g/mol. The van der Waals surface area contributed by atoms with E-state index in [0.29, 0.717) is 27.1 Å². The zero-order chi connectivity index (χ0) is 25.2. The fourth-order valence-corrected chi connectivity index (χ4v) is 5.72. The summed E-state index contributed by atoms with van der Waals surface area (Å²) in [6.07, 6.45) is 3.55. The number of thioether (sulfide) groups is 1. The molecule has 3 amide bonds. The standard InChI is InChI=1S/C26H19Cl2N3O3S2/c27-20-8-7-16(10-21(20)28)13-31-25(33)23(36-26(31)34)11-17-14-30(22-6-2-1-5-19(17)22)15-24(32)29-12-18-4-3-9-35-18/h1-11,14H,12-13,15H2,(H,29,32)/b23-11-. The molecule has 2 aromatic heterocycles. The van der Waals surface area contributed by atoms with Crippen LogP contribution in [0.15, 0.2) is 71.1 Å². The van der Waals surface area contributed by atoms with E-state index in [2.05, 4.69) is 5.32 Å². The topological polar surface area (TPSA) is 71.4 Å². The molecule has 1 fully saturated rings. The Morgan fingerprint density at radius 3 is 2.64 bits per heavy atom.